The smallest absolute Gasteiger partial charge is 0.246 e. The third kappa shape index (κ3) is 4.98. The molecule has 10 heteroatoms. The topological polar surface area (TPSA) is 105 Å². The molecule has 8 nitrogen and oxygen atoms in total. The molecule has 0 bridgehead atoms. The van der Waals surface area contributed by atoms with Gasteiger partial charge in [-0.25, -0.2) is 8.42 Å². The predicted molar refractivity (Wildman–Crippen MR) is 115 cm³/mol. The molecular formula is C20H21ClN4O4S. The van der Waals surface area contributed by atoms with Crippen molar-refractivity contribution in [3.8, 4) is 11.4 Å². The molecule has 158 valence electrons. The van der Waals surface area contributed by atoms with Gasteiger partial charge in [-0.3, -0.25) is 9.10 Å². The Balaban J connectivity index is 1.72. The molecule has 0 radical (unpaired) electrons. The zero-order chi connectivity index (χ0) is 21.9. The summed E-state index contributed by atoms with van der Waals surface area (Å²) in [5.74, 6) is -0.0273. The molecule has 0 aliphatic heterocycles. The molecular weight excluding hydrogens is 428 g/mol. The van der Waals surface area contributed by atoms with E-state index in [1.165, 1.54) is 6.92 Å². The fourth-order valence-corrected chi connectivity index (χ4v) is 4.28. The Hall–Kier alpha value is -2.91. The van der Waals surface area contributed by atoms with Crippen LogP contribution in [0.1, 0.15) is 18.4 Å². The fourth-order valence-electron chi connectivity index (χ4n) is 2.89. The second-order valence-electron chi connectivity index (χ2n) is 6.78. The average molecular weight is 449 g/mol. The number of nitrogens with one attached hydrogen (secondary N) is 1. The summed E-state index contributed by atoms with van der Waals surface area (Å²) >= 11 is 6.13. The SMILES string of the molecule is Cc1ccc(N(C(C)C(=O)NCc2nc(-c3ccccc3Cl)no2)S(C)(=O)=O)cc1. The largest absolute Gasteiger partial charge is 0.345 e. The molecule has 1 aromatic heterocycles. The van der Waals surface area contributed by atoms with E-state index < -0.39 is 22.0 Å². The van der Waals surface area contributed by atoms with Gasteiger partial charge in [0.05, 0.1) is 23.5 Å². The predicted octanol–water partition coefficient (Wildman–Crippen LogP) is 3.17. The van der Waals surface area contributed by atoms with Crippen LogP contribution in [-0.4, -0.2) is 36.8 Å². The molecule has 30 heavy (non-hydrogen) atoms. The Morgan fingerprint density at radius 3 is 2.50 bits per heavy atom. The van der Waals surface area contributed by atoms with Crippen LogP contribution in [0.2, 0.25) is 5.02 Å². The average Bonchev–Trinajstić information content (AvgIpc) is 3.16. The number of anilines is 1. The number of rotatable bonds is 7. The number of carbonyl (C=O) groups is 1. The van der Waals surface area contributed by atoms with Gasteiger partial charge in [0.15, 0.2) is 0 Å². The van der Waals surface area contributed by atoms with Crippen LogP contribution < -0.4 is 9.62 Å². The zero-order valence-corrected chi connectivity index (χ0v) is 18.2. The van der Waals surface area contributed by atoms with Gasteiger partial charge in [-0.2, -0.15) is 4.98 Å². The minimum Gasteiger partial charge on any atom is -0.345 e. The van der Waals surface area contributed by atoms with Crippen LogP contribution in [0.3, 0.4) is 0 Å². The van der Waals surface area contributed by atoms with Gasteiger partial charge in [0.2, 0.25) is 27.6 Å². The molecule has 0 spiro atoms. The van der Waals surface area contributed by atoms with Crippen molar-refractivity contribution in [1.29, 1.82) is 0 Å². The van der Waals surface area contributed by atoms with Gasteiger partial charge in [0, 0.05) is 5.56 Å². The molecule has 0 saturated heterocycles. The van der Waals surface area contributed by atoms with E-state index in [0.29, 0.717) is 22.1 Å². The van der Waals surface area contributed by atoms with Gasteiger partial charge in [0.25, 0.3) is 0 Å². The summed E-state index contributed by atoms with van der Waals surface area (Å²) in [6.45, 7) is 3.36. The van der Waals surface area contributed by atoms with Crippen molar-refractivity contribution in [3.05, 3.63) is 65.0 Å². The number of amides is 1. The maximum Gasteiger partial charge on any atom is 0.246 e. The molecule has 0 aliphatic carbocycles. The Morgan fingerprint density at radius 1 is 1.20 bits per heavy atom. The minimum atomic E-state index is -3.69. The van der Waals surface area contributed by atoms with E-state index in [9.17, 15) is 13.2 Å². The summed E-state index contributed by atoms with van der Waals surface area (Å²) < 4.78 is 30.9. The van der Waals surface area contributed by atoms with Crippen molar-refractivity contribution in [2.24, 2.45) is 0 Å². The second kappa shape index (κ2) is 8.85. The van der Waals surface area contributed by atoms with Crippen LogP contribution >= 0.6 is 11.6 Å². The zero-order valence-electron chi connectivity index (χ0n) is 16.7. The van der Waals surface area contributed by atoms with Crippen LogP contribution in [0.4, 0.5) is 5.69 Å². The number of aryl methyl sites for hydroxylation is 1. The molecule has 2 aromatic carbocycles. The van der Waals surface area contributed by atoms with E-state index in [1.807, 2.05) is 6.92 Å². The lowest BCUT2D eigenvalue weighted by molar-refractivity contribution is -0.122. The lowest BCUT2D eigenvalue weighted by Gasteiger charge is -2.28. The van der Waals surface area contributed by atoms with Crippen LogP contribution in [-0.2, 0) is 21.4 Å². The molecule has 1 amide bonds. The van der Waals surface area contributed by atoms with E-state index >= 15 is 0 Å². The number of hydrogen-bond acceptors (Lipinski definition) is 6. The third-order valence-corrected chi connectivity index (χ3v) is 5.94. The Labute approximate surface area is 179 Å². The third-order valence-electron chi connectivity index (χ3n) is 4.37. The van der Waals surface area contributed by atoms with Gasteiger partial charge in [0.1, 0.15) is 6.04 Å². The van der Waals surface area contributed by atoms with Crippen molar-refractivity contribution in [2.75, 3.05) is 10.6 Å². The van der Waals surface area contributed by atoms with Crippen LogP contribution in [0.25, 0.3) is 11.4 Å². The van der Waals surface area contributed by atoms with Gasteiger partial charge in [-0.1, -0.05) is 46.6 Å². The van der Waals surface area contributed by atoms with Crippen molar-refractivity contribution in [1.82, 2.24) is 15.5 Å². The molecule has 0 aliphatic rings. The second-order valence-corrected chi connectivity index (χ2v) is 9.05. The van der Waals surface area contributed by atoms with Crippen LogP contribution in [0, 0.1) is 6.92 Å². The standard InChI is InChI=1S/C20H21ClN4O4S/c1-13-8-10-15(11-9-13)25(30(3,27)28)14(2)20(26)22-12-18-23-19(24-29-18)16-6-4-5-7-17(16)21/h4-11,14H,12H2,1-3H3,(H,22,26). The quantitative estimate of drug-likeness (QED) is 0.595. The molecule has 1 N–H and O–H groups in total. The molecule has 1 atom stereocenters. The summed E-state index contributed by atoms with van der Waals surface area (Å²) in [6, 6.07) is 13.0. The number of sulfonamides is 1. The number of carbonyl (C=O) groups excluding carboxylic acids is 1. The van der Waals surface area contributed by atoms with E-state index in [4.69, 9.17) is 16.1 Å². The lowest BCUT2D eigenvalue weighted by atomic mass is 10.2. The number of hydrogen-bond donors (Lipinski definition) is 1. The first-order chi connectivity index (χ1) is 14.2. The van der Waals surface area contributed by atoms with Gasteiger partial charge >= 0.3 is 0 Å². The van der Waals surface area contributed by atoms with E-state index in [0.717, 1.165) is 16.1 Å². The maximum atomic E-state index is 12.6. The van der Waals surface area contributed by atoms with Crippen LogP contribution in [0.5, 0.6) is 0 Å². The van der Waals surface area contributed by atoms with Crippen molar-refractivity contribution in [2.45, 2.75) is 26.4 Å². The highest BCUT2D eigenvalue weighted by Crippen LogP contribution is 2.25. The Bertz CT molecular complexity index is 1150. The molecule has 0 saturated carbocycles. The highest BCUT2D eigenvalue weighted by atomic mass is 35.5. The lowest BCUT2D eigenvalue weighted by Crippen LogP contribution is -2.47. The summed E-state index contributed by atoms with van der Waals surface area (Å²) in [4.78, 5) is 16.9. The van der Waals surface area contributed by atoms with Crippen LogP contribution in [0.15, 0.2) is 53.1 Å². The molecule has 1 heterocycles. The normalized spacial score (nSPS) is 12.4. The minimum absolute atomic E-state index is 0.0495. The van der Waals surface area contributed by atoms with Crippen molar-refractivity contribution < 1.29 is 17.7 Å². The maximum absolute atomic E-state index is 12.6. The number of nitrogens with zero attached hydrogens (tertiary/aromatic N) is 3. The van der Waals surface area contributed by atoms with Crippen molar-refractivity contribution in [3.63, 3.8) is 0 Å². The first-order valence-corrected chi connectivity index (χ1v) is 11.3. The summed E-state index contributed by atoms with van der Waals surface area (Å²) in [6.07, 6.45) is 1.06. The Kier molecular flexibility index (Phi) is 6.42. The molecule has 1 unspecified atom stereocenters. The van der Waals surface area contributed by atoms with Crippen molar-refractivity contribution >= 4 is 33.2 Å². The summed E-state index contributed by atoms with van der Waals surface area (Å²) in [7, 11) is -3.69. The summed E-state index contributed by atoms with van der Waals surface area (Å²) in [5, 5.41) is 6.99. The highest BCUT2D eigenvalue weighted by molar-refractivity contribution is 7.92. The number of benzene rings is 2. The first kappa shape index (κ1) is 21.8. The summed E-state index contributed by atoms with van der Waals surface area (Å²) in [5.41, 5.74) is 2.00. The molecule has 3 rings (SSSR count). The fraction of sp³-hybridized carbons (Fsp3) is 0.250. The molecule has 3 aromatic rings. The van der Waals surface area contributed by atoms with Gasteiger partial charge in [-0.05, 0) is 38.1 Å². The molecule has 0 fully saturated rings. The monoisotopic (exact) mass is 448 g/mol. The number of halogens is 1. The van der Waals surface area contributed by atoms with E-state index in [1.54, 1.807) is 48.5 Å². The number of aromatic nitrogens is 2. The van der Waals surface area contributed by atoms with Gasteiger partial charge in [-0.15, -0.1) is 0 Å². The van der Waals surface area contributed by atoms with E-state index in [2.05, 4.69) is 15.5 Å². The van der Waals surface area contributed by atoms with Gasteiger partial charge < -0.3 is 9.84 Å². The highest BCUT2D eigenvalue weighted by Gasteiger charge is 2.29. The van der Waals surface area contributed by atoms with E-state index in [-0.39, 0.29) is 12.4 Å². The first-order valence-electron chi connectivity index (χ1n) is 9.08. The Morgan fingerprint density at radius 2 is 1.87 bits per heavy atom.